The van der Waals surface area contributed by atoms with E-state index in [2.05, 4.69) is 5.32 Å². The van der Waals surface area contributed by atoms with Gasteiger partial charge in [-0.05, 0) is 60.9 Å². The van der Waals surface area contributed by atoms with Gasteiger partial charge in [0.25, 0.3) is 11.5 Å². The zero-order valence-corrected chi connectivity index (χ0v) is 16.0. The van der Waals surface area contributed by atoms with Crippen LogP contribution in [-0.4, -0.2) is 16.3 Å². The van der Waals surface area contributed by atoms with Gasteiger partial charge in [-0.2, -0.15) is 0 Å². The first-order chi connectivity index (χ1) is 14.4. The summed E-state index contributed by atoms with van der Waals surface area (Å²) >= 11 is 0. The Labute approximate surface area is 171 Å². The first-order valence-electron chi connectivity index (χ1n) is 9.55. The van der Waals surface area contributed by atoms with Gasteiger partial charge in [-0.3, -0.25) is 19.0 Å². The van der Waals surface area contributed by atoms with Crippen LogP contribution in [0.1, 0.15) is 44.8 Å². The minimum absolute atomic E-state index is 0.0974. The highest BCUT2D eigenvalue weighted by Crippen LogP contribution is 2.23. The first-order valence-corrected chi connectivity index (χ1v) is 9.55. The van der Waals surface area contributed by atoms with Crippen molar-refractivity contribution in [3.8, 4) is 5.69 Å². The summed E-state index contributed by atoms with van der Waals surface area (Å²) in [6.07, 6.45) is 1.44. The number of Topliss-reactive ketones (excluding diaryl/α,β-unsaturated/α-hetero) is 1. The molecule has 0 saturated heterocycles. The van der Waals surface area contributed by atoms with Crippen LogP contribution in [0.25, 0.3) is 5.69 Å². The van der Waals surface area contributed by atoms with E-state index in [0.717, 1.165) is 0 Å². The number of carbonyl (C=O) groups excluding carboxylic acids is 2. The van der Waals surface area contributed by atoms with Crippen LogP contribution in [0.15, 0.2) is 59.4 Å². The molecule has 152 valence electrons. The Balaban J connectivity index is 1.75. The van der Waals surface area contributed by atoms with Crippen molar-refractivity contribution in [1.82, 2.24) is 9.88 Å². The summed E-state index contributed by atoms with van der Waals surface area (Å²) in [6, 6.07) is 12.3. The molecule has 0 atom stereocenters. The van der Waals surface area contributed by atoms with Crippen LogP contribution in [0.2, 0.25) is 0 Å². The van der Waals surface area contributed by atoms with Crippen LogP contribution in [0.3, 0.4) is 0 Å². The van der Waals surface area contributed by atoms with Crippen LogP contribution < -0.4 is 10.9 Å². The van der Waals surface area contributed by atoms with Gasteiger partial charge in [-0.15, -0.1) is 0 Å². The molecule has 1 aliphatic rings. The fraction of sp³-hybridized carbons (Fsp3) is 0.174. The van der Waals surface area contributed by atoms with Gasteiger partial charge < -0.3 is 5.32 Å². The highest BCUT2D eigenvalue weighted by atomic mass is 19.1. The Morgan fingerprint density at radius 1 is 0.933 bits per heavy atom. The van der Waals surface area contributed by atoms with E-state index in [1.54, 1.807) is 0 Å². The Kier molecular flexibility index (Phi) is 5.27. The molecule has 0 unspecified atom stereocenters. The number of hydrogen-bond donors (Lipinski definition) is 1. The molecule has 0 bridgehead atoms. The number of amides is 1. The average molecular weight is 408 g/mol. The third-order valence-corrected chi connectivity index (χ3v) is 5.12. The molecule has 3 aromatic rings. The molecular formula is C23H18F2N2O3. The molecule has 1 N–H and O–H groups in total. The third-order valence-electron chi connectivity index (χ3n) is 5.12. The Hall–Kier alpha value is -3.61. The molecule has 0 spiro atoms. The number of hydrogen-bond acceptors (Lipinski definition) is 3. The lowest BCUT2D eigenvalue weighted by molar-refractivity contribution is 0.0949. The summed E-state index contributed by atoms with van der Waals surface area (Å²) in [4.78, 5) is 38.4. The minimum Gasteiger partial charge on any atom is -0.348 e. The number of benzene rings is 2. The third kappa shape index (κ3) is 3.78. The second-order valence-corrected chi connectivity index (χ2v) is 7.12. The first kappa shape index (κ1) is 19.7. The second-order valence-electron chi connectivity index (χ2n) is 7.12. The molecular weight excluding hydrogens is 390 g/mol. The summed E-state index contributed by atoms with van der Waals surface area (Å²) in [5, 5.41) is 2.64. The number of carbonyl (C=O) groups is 2. The maximum Gasteiger partial charge on any atom is 0.268 e. The lowest BCUT2D eigenvalue weighted by atomic mass is 9.92. The average Bonchev–Trinajstić information content (AvgIpc) is 2.74. The van der Waals surface area contributed by atoms with Gasteiger partial charge in [0.15, 0.2) is 5.78 Å². The van der Waals surface area contributed by atoms with Crippen molar-refractivity contribution in [1.29, 1.82) is 0 Å². The van der Waals surface area contributed by atoms with Crippen molar-refractivity contribution >= 4 is 11.7 Å². The molecule has 7 heteroatoms. The molecule has 2 aromatic carbocycles. The molecule has 0 aliphatic heterocycles. The summed E-state index contributed by atoms with van der Waals surface area (Å²) in [5.74, 6) is -1.62. The number of ketones is 1. The van der Waals surface area contributed by atoms with E-state index >= 15 is 0 Å². The highest BCUT2D eigenvalue weighted by Gasteiger charge is 2.26. The quantitative estimate of drug-likeness (QED) is 0.718. The van der Waals surface area contributed by atoms with Crippen molar-refractivity contribution in [3.05, 3.63) is 99.0 Å². The molecule has 0 radical (unpaired) electrons. The Morgan fingerprint density at radius 2 is 1.57 bits per heavy atom. The zero-order chi connectivity index (χ0) is 21.3. The Morgan fingerprint density at radius 3 is 2.23 bits per heavy atom. The molecule has 4 rings (SSSR count). The van der Waals surface area contributed by atoms with Crippen LogP contribution in [0.4, 0.5) is 8.78 Å². The summed E-state index contributed by atoms with van der Waals surface area (Å²) in [7, 11) is 0. The van der Waals surface area contributed by atoms with Crippen LogP contribution in [0, 0.1) is 11.6 Å². The molecule has 0 fully saturated rings. The standard InChI is InChI=1S/C23H18F2N2O3/c24-15-6-4-14(5-7-15)13-26-22(29)19-12-18-20(2-1-3-21(18)28)27(23(19)30)17-10-8-16(25)9-11-17/h4-12H,1-3,13H2,(H,26,29). The van der Waals surface area contributed by atoms with E-state index < -0.39 is 17.3 Å². The summed E-state index contributed by atoms with van der Waals surface area (Å²) < 4.78 is 27.7. The molecule has 1 amide bonds. The van der Waals surface area contributed by atoms with Crippen molar-refractivity contribution in [2.24, 2.45) is 0 Å². The van der Waals surface area contributed by atoms with E-state index in [1.165, 1.54) is 59.2 Å². The number of rotatable bonds is 4. The van der Waals surface area contributed by atoms with E-state index in [0.29, 0.717) is 41.8 Å². The SMILES string of the molecule is O=C1CCCc2c1cc(C(=O)NCc1ccc(F)cc1)c(=O)n2-c1ccc(F)cc1. The van der Waals surface area contributed by atoms with E-state index in [1.807, 2.05) is 0 Å². The van der Waals surface area contributed by atoms with Crippen molar-refractivity contribution in [2.75, 3.05) is 0 Å². The van der Waals surface area contributed by atoms with Gasteiger partial charge >= 0.3 is 0 Å². The number of halogens is 2. The van der Waals surface area contributed by atoms with Crippen LogP contribution in [-0.2, 0) is 13.0 Å². The maximum absolute atomic E-state index is 13.4. The lowest BCUT2D eigenvalue weighted by Gasteiger charge is -2.21. The monoisotopic (exact) mass is 408 g/mol. The van der Waals surface area contributed by atoms with E-state index in [9.17, 15) is 23.2 Å². The Bertz CT molecular complexity index is 1180. The largest absolute Gasteiger partial charge is 0.348 e. The summed E-state index contributed by atoms with van der Waals surface area (Å²) in [6.45, 7) is 0.0974. The predicted octanol–water partition coefficient (Wildman–Crippen LogP) is 3.56. The maximum atomic E-state index is 13.4. The number of nitrogens with one attached hydrogen (secondary N) is 1. The smallest absolute Gasteiger partial charge is 0.268 e. The fourth-order valence-electron chi connectivity index (χ4n) is 3.60. The van der Waals surface area contributed by atoms with Gasteiger partial charge in [0.2, 0.25) is 0 Å². The number of fused-ring (bicyclic) bond motifs is 1. The van der Waals surface area contributed by atoms with Crippen LogP contribution in [0.5, 0.6) is 0 Å². The fourth-order valence-corrected chi connectivity index (χ4v) is 3.60. The van der Waals surface area contributed by atoms with E-state index in [4.69, 9.17) is 0 Å². The van der Waals surface area contributed by atoms with Crippen molar-refractivity contribution < 1.29 is 18.4 Å². The van der Waals surface area contributed by atoms with Gasteiger partial charge in [-0.1, -0.05) is 12.1 Å². The summed E-state index contributed by atoms with van der Waals surface area (Å²) in [5.41, 5.74) is 1.16. The van der Waals surface area contributed by atoms with Crippen LogP contribution >= 0.6 is 0 Å². The normalized spacial score (nSPS) is 13.1. The minimum atomic E-state index is -0.638. The van der Waals surface area contributed by atoms with Crippen molar-refractivity contribution in [3.63, 3.8) is 0 Å². The van der Waals surface area contributed by atoms with E-state index in [-0.39, 0.29) is 23.7 Å². The van der Waals surface area contributed by atoms with Crippen molar-refractivity contribution in [2.45, 2.75) is 25.8 Å². The molecule has 1 aliphatic carbocycles. The van der Waals surface area contributed by atoms with Gasteiger partial charge in [0.05, 0.1) is 0 Å². The zero-order valence-electron chi connectivity index (χ0n) is 16.0. The topological polar surface area (TPSA) is 68.2 Å². The number of nitrogens with zero attached hydrogens (tertiary/aromatic N) is 1. The molecule has 1 heterocycles. The second kappa shape index (κ2) is 8.02. The molecule has 5 nitrogen and oxygen atoms in total. The van der Waals surface area contributed by atoms with Gasteiger partial charge in [-0.25, -0.2) is 8.78 Å². The van der Waals surface area contributed by atoms with Gasteiger partial charge in [0, 0.05) is 29.9 Å². The molecule has 0 saturated carbocycles. The highest BCUT2D eigenvalue weighted by molar-refractivity contribution is 6.01. The number of aromatic nitrogens is 1. The number of pyridine rings is 1. The molecule has 1 aromatic heterocycles. The predicted molar refractivity (Wildman–Crippen MR) is 107 cm³/mol. The molecule has 30 heavy (non-hydrogen) atoms. The lowest BCUT2D eigenvalue weighted by Crippen LogP contribution is -2.35. The van der Waals surface area contributed by atoms with Gasteiger partial charge in [0.1, 0.15) is 17.2 Å².